The van der Waals surface area contributed by atoms with Crippen molar-refractivity contribution in [2.24, 2.45) is 0 Å². The number of nitrogens with one attached hydrogen (secondary N) is 1. The molecule has 20 heavy (non-hydrogen) atoms. The Bertz CT molecular complexity index is 485. The number of aryl methyl sites for hydroxylation is 3. The summed E-state index contributed by atoms with van der Waals surface area (Å²) in [5.74, 6) is -0.707. The zero-order chi connectivity index (χ0) is 15.3. The van der Waals surface area contributed by atoms with Crippen LogP contribution >= 0.6 is 0 Å². The number of rotatable bonds is 5. The van der Waals surface area contributed by atoms with Crippen molar-refractivity contribution in [1.29, 1.82) is 0 Å². The van der Waals surface area contributed by atoms with Gasteiger partial charge in [-0.1, -0.05) is 24.6 Å². The molecule has 0 spiro atoms. The van der Waals surface area contributed by atoms with Crippen molar-refractivity contribution in [2.45, 2.75) is 47.1 Å². The first-order valence-electron chi connectivity index (χ1n) is 6.93. The highest BCUT2D eigenvalue weighted by molar-refractivity contribution is 5.94. The second-order valence-electron chi connectivity index (χ2n) is 5.11. The average molecular weight is 277 g/mol. The molecule has 1 atom stereocenters. The van der Waals surface area contributed by atoms with Crippen LogP contribution in [-0.2, 0) is 9.53 Å². The lowest BCUT2D eigenvalue weighted by Gasteiger charge is -2.15. The van der Waals surface area contributed by atoms with Crippen LogP contribution in [0.4, 0.5) is 0 Å². The topological polar surface area (TPSA) is 55.4 Å². The summed E-state index contributed by atoms with van der Waals surface area (Å²) in [4.78, 5) is 23.9. The third-order valence-electron chi connectivity index (χ3n) is 3.08. The summed E-state index contributed by atoms with van der Waals surface area (Å²) in [6.45, 7) is 9.87. The molecule has 0 heterocycles. The number of benzene rings is 1. The van der Waals surface area contributed by atoms with E-state index in [1.807, 2.05) is 39.8 Å². The third kappa shape index (κ3) is 4.08. The summed E-state index contributed by atoms with van der Waals surface area (Å²) in [7, 11) is 0. The van der Waals surface area contributed by atoms with Gasteiger partial charge in [0.2, 0.25) is 0 Å². The molecule has 0 fully saturated rings. The molecule has 1 N–H and O–H groups in total. The summed E-state index contributed by atoms with van der Waals surface area (Å²) >= 11 is 0. The number of hydrogen-bond donors (Lipinski definition) is 1. The Morgan fingerprint density at radius 1 is 1.20 bits per heavy atom. The van der Waals surface area contributed by atoms with Crippen molar-refractivity contribution in [1.82, 2.24) is 5.32 Å². The van der Waals surface area contributed by atoms with E-state index in [-0.39, 0.29) is 5.91 Å². The van der Waals surface area contributed by atoms with Gasteiger partial charge in [-0.3, -0.25) is 4.79 Å². The zero-order valence-electron chi connectivity index (χ0n) is 12.9. The number of ether oxygens (including phenoxy) is 1. The van der Waals surface area contributed by atoms with Crippen molar-refractivity contribution >= 4 is 11.9 Å². The van der Waals surface area contributed by atoms with Crippen molar-refractivity contribution in [3.05, 3.63) is 34.4 Å². The molecule has 1 aromatic carbocycles. The molecule has 0 bridgehead atoms. The highest BCUT2D eigenvalue weighted by atomic mass is 16.5. The van der Waals surface area contributed by atoms with Gasteiger partial charge in [0.1, 0.15) is 0 Å². The summed E-state index contributed by atoms with van der Waals surface area (Å²) in [5.41, 5.74) is 3.39. The van der Waals surface area contributed by atoms with Crippen LogP contribution in [-0.4, -0.2) is 24.5 Å². The SMILES string of the molecule is CCCNC(=O)C(C)OC(=O)c1c(C)cc(C)cc1C. The van der Waals surface area contributed by atoms with E-state index < -0.39 is 12.1 Å². The van der Waals surface area contributed by atoms with Crippen LogP contribution in [0, 0.1) is 20.8 Å². The average Bonchev–Trinajstić information content (AvgIpc) is 2.34. The second kappa shape index (κ2) is 7.08. The smallest absolute Gasteiger partial charge is 0.339 e. The lowest BCUT2D eigenvalue weighted by Crippen LogP contribution is -2.36. The van der Waals surface area contributed by atoms with E-state index in [0.29, 0.717) is 12.1 Å². The normalized spacial score (nSPS) is 11.8. The molecule has 1 aromatic rings. The molecule has 0 radical (unpaired) electrons. The maximum absolute atomic E-state index is 12.2. The van der Waals surface area contributed by atoms with E-state index in [4.69, 9.17) is 4.74 Å². The van der Waals surface area contributed by atoms with Crippen LogP contribution in [0.3, 0.4) is 0 Å². The largest absolute Gasteiger partial charge is 0.449 e. The number of carbonyl (C=O) groups excluding carboxylic acids is 2. The molecule has 4 nitrogen and oxygen atoms in total. The van der Waals surface area contributed by atoms with E-state index in [1.165, 1.54) is 0 Å². The lowest BCUT2D eigenvalue weighted by atomic mass is 10.00. The van der Waals surface area contributed by atoms with Crippen LogP contribution in [0.1, 0.15) is 47.3 Å². The minimum Gasteiger partial charge on any atom is -0.449 e. The predicted molar refractivity (Wildman–Crippen MR) is 78.8 cm³/mol. The van der Waals surface area contributed by atoms with E-state index in [1.54, 1.807) is 6.92 Å². The molecule has 0 aromatic heterocycles. The third-order valence-corrected chi connectivity index (χ3v) is 3.08. The molecule has 0 saturated heterocycles. The van der Waals surface area contributed by atoms with Crippen LogP contribution in [0.15, 0.2) is 12.1 Å². The van der Waals surface area contributed by atoms with Crippen LogP contribution < -0.4 is 5.32 Å². The molecule has 4 heteroatoms. The zero-order valence-corrected chi connectivity index (χ0v) is 12.9. The first kappa shape index (κ1) is 16.2. The summed E-state index contributed by atoms with van der Waals surface area (Å²) < 4.78 is 5.25. The molecular formula is C16H23NO3. The van der Waals surface area contributed by atoms with Crippen molar-refractivity contribution < 1.29 is 14.3 Å². The van der Waals surface area contributed by atoms with Gasteiger partial charge in [-0.15, -0.1) is 0 Å². The number of amides is 1. The molecular weight excluding hydrogens is 254 g/mol. The Hall–Kier alpha value is -1.84. The van der Waals surface area contributed by atoms with Crippen LogP contribution in [0.25, 0.3) is 0 Å². The fourth-order valence-electron chi connectivity index (χ4n) is 2.17. The Labute approximate surface area is 120 Å². The van der Waals surface area contributed by atoms with Crippen LogP contribution in [0.5, 0.6) is 0 Å². The fourth-order valence-corrected chi connectivity index (χ4v) is 2.17. The predicted octanol–water partition coefficient (Wildman–Crippen LogP) is 2.68. The van der Waals surface area contributed by atoms with Crippen molar-refractivity contribution in [3.63, 3.8) is 0 Å². The first-order valence-corrected chi connectivity index (χ1v) is 6.93. The van der Waals surface area contributed by atoms with Crippen LogP contribution in [0.2, 0.25) is 0 Å². The monoisotopic (exact) mass is 277 g/mol. The van der Waals surface area contributed by atoms with Gasteiger partial charge in [0.05, 0.1) is 5.56 Å². The Morgan fingerprint density at radius 2 is 1.75 bits per heavy atom. The minimum atomic E-state index is -0.783. The van der Waals surface area contributed by atoms with E-state index in [0.717, 1.165) is 23.1 Å². The highest BCUT2D eigenvalue weighted by Gasteiger charge is 2.21. The van der Waals surface area contributed by atoms with E-state index >= 15 is 0 Å². The van der Waals surface area contributed by atoms with Gasteiger partial charge in [-0.2, -0.15) is 0 Å². The minimum absolute atomic E-state index is 0.261. The van der Waals surface area contributed by atoms with Gasteiger partial charge in [0.15, 0.2) is 6.10 Å². The number of esters is 1. The molecule has 1 amide bonds. The van der Waals surface area contributed by atoms with Gasteiger partial charge >= 0.3 is 5.97 Å². The molecule has 0 saturated carbocycles. The Morgan fingerprint density at radius 3 is 2.25 bits per heavy atom. The van der Waals surface area contributed by atoms with Gasteiger partial charge in [0.25, 0.3) is 5.91 Å². The molecule has 0 aliphatic heterocycles. The number of hydrogen-bond acceptors (Lipinski definition) is 3. The molecule has 1 rings (SSSR count). The fraction of sp³-hybridized carbons (Fsp3) is 0.500. The Kier molecular flexibility index (Phi) is 5.74. The highest BCUT2D eigenvalue weighted by Crippen LogP contribution is 2.18. The van der Waals surface area contributed by atoms with Gasteiger partial charge in [-0.25, -0.2) is 4.79 Å². The standard InChI is InChI=1S/C16H23NO3/c1-6-7-17-15(18)13(5)20-16(19)14-11(3)8-10(2)9-12(14)4/h8-9,13H,6-7H2,1-5H3,(H,17,18). The molecule has 1 unspecified atom stereocenters. The second-order valence-corrected chi connectivity index (χ2v) is 5.11. The van der Waals surface area contributed by atoms with Gasteiger partial charge in [-0.05, 0) is 45.2 Å². The maximum atomic E-state index is 12.2. The molecule has 0 aliphatic rings. The summed E-state index contributed by atoms with van der Waals surface area (Å²) in [6.07, 6.45) is 0.0666. The lowest BCUT2D eigenvalue weighted by molar-refractivity contribution is -0.129. The van der Waals surface area contributed by atoms with E-state index in [2.05, 4.69) is 5.32 Å². The van der Waals surface area contributed by atoms with Crippen molar-refractivity contribution in [3.8, 4) is 0 Å². The summed E-state index contributed by atoms with van der Waals surface area (Å²) in [5, 5.41) is 2.71. The van der Waals surface area contributed by atoms with Gasteiger partial charge in [0, 0.05) is 6.54 Å². The van der Waals surface area contributed by atoms with Crippen molar-refractivity contribution in [2.75, 3.05) is 6.54 Å². The Balaban J connectivity index is 2.79. The number of carbonyl (C=O) groups is 2. The summed E-state index contributed by atoms with van der Waals surface area (Å²) in [6, 6.07) is 3.87. The maximum Gasteiger partial charge on any atom is 0.339 e. The first-order chi connectivity index (χ1) is 9.36. The molecule has 110 valence electrons. The van der Waals surface area contributed by atoms with E-state index in [9.17, 15) is 9.59 Å². The quantitative estimate of drug-likeness (QED) is 0.842. The van der Waals surface area contributed by atoms with Gasteiger partial charge < -0.3 is 10.1 Å². The molecule has 0 aliphatic carbocycles.